The third kappa shape index (κ3) is 22.0. The van der Waals surface area contributed by atoms with E-state index in [2.05, 4.69) is 51.9 Å². The standard InChI is InChI=1S/C12H15BrN2O3.C12H21NO5.C11H19NO5.C5H3BrClN.Li.H2O/c1-17-12(16)10-4-8(6-15-10)7-18-9-2-3-14-11(13)5-9;1-12(2,3)18-11(16)13-6-8(7-14)5-9(13)10(15)17-4;1-11(2,3)17-10(16)12-5-7(6-13)4-8(12)9(14)15;6-5-3-4(7)1-2-8-5;;/h2-3,5,8,10,15H,4,6-7H2,1H3;8-9,14H,5-7H2,1-4H3;7-8,13H,4-6H2,1-3H3,(H,14,15);1-3H;;1H2/q;;;;+1;/p-1/t8-,10+;8-,9+;7-,8+;;;/m111.../s1. The number of nitrogens with one attached hydrogen (secondary N) is 1. The molecule has 0 unspecified atom stereocenters. The van der Waals surface area contributed by atoms with E-state index in [9.17, 15) is 24.0 Å². The molecule has 2 aromatic rings. The SMILES string of the molecule is CC(C)(C)OC(=O)N1C[C@H](CO)C[C@H]1C(=O)O.COC(=O)[C@@H]1C[C@@H](CO)CN1C(=O)OC(C)(C)C.COC(=O)[C@@H]1C[C@@H](COc2ccnc(Br)c2)CN1.Clc1ccnc(Br)c1.[Li+].[OH-]. The Kier molecular flexibility index (Phi) is 27.1. The van der Waals surface area contributed by atoms with Crippen LogP contribution in [0.5, 0.6) is 5.75 Å². The van der Waals surface area contributed by atoms with E-state index in [-0.39, 0.29) is 74.4 Å². The van der Waals surface area contributed by atoms with Gasteiger partial charge in [0.15, 0.2) is 0 Å². The molecule has 350 valence electrons. The Bertz CT molecular complexity index is 1740. The first-order chi connectivity index (χ1) is 28.5. The summed E-state index contributed by atoms with van der Waals surface area (Å²) in [5.41, 5.74) is -1.27. The van der Waals surface area contributed by atoms with Gasteiger partial charge in [0.25, 0.3) is 0 Å². The van der Waals surface area contributed by atoms with E-state index in [4.69, 9.17) is 45.9 Å². The van der Waals surface area contributed by atoms with Crippen molar-refractivity contribution in [1.29, 1.82) is 0 Å². The van der Waals surface area contributed by atoms with Gasteiger partial charge in [-0.05, 0) is 111 Å². The average molecular weight is 1040 g/mol. The third-order valence-corrected chi connectivity index (χ3v) is 9.99. The molecule has 0 radical (unpaired) electrons. The van der Waals surface area contributed by atoms with E-state index in [1.165, 1.54) is 24.0 Å². The smallest absolute Gasteiger partial charge is 0.870 e. The van der Waals surface area contributed by atoms with Gasteiger partial charge in [-0.3, -0.25) is 14.6 Å². The second-order valence-corrected chi connectivity index (χ2v) is 18.3. The molecule has 19 nitrogen and oxygen atoms in total. The summed E-state index contributed by atoms with van der Waals surface area (Å²) in [5, 5.41) is 31.0. The number of nitrogens with zero attached hydrogens (tertiary/aromatic N) is 4. The maximum atomic E-state index is 12.0. The summed E-state index contributed by atoms with van der Waals surface area (Å²) in [7, 11) is 2.68. The van der Waals surface area contributed by atoms with Crippen molar-refractivity contribution in [1.82, 2.24) is 25.1 Å². The zero-order chi connectivity index (χ0) is 46.1. The Morgan fingerprint density at radius 2 is 1.25 bits per heavy atom. The van der Waals surface area contributed by atoms with E-state index >= 15 is 0 Å². The number of carbonyl (C=O) groups is 5. The molecule has 2 amide bonds. The number of pyridine rings is 2. The number of aromatic nitrogens is 2. The van der Waals surface area contributed by atoms with Gasteiger partial charge in [-0.1, -0.05) is 11.6 Å². The number of methoxy groups -OCH3 is 2. The number of aliphatic hydroxyl groups excluding tert-OH is 2. The first kappa shape index (κ1) is 59.7. The topological polar surface area (TPSA) is 266 Å². The van der Waals surface area contributed by atoms with Crippen LogP contribution < -0.4 is 28.9 Å². The van der Waals surface area contributed by atoms with Crippen LogP contribution in [0.2, 0.25) is 5.02 Å². The van der Waals surface area contributed by atoms with Crippen molar-refractivity contribution in [3.8, 4) is 5.75 Å². The zero-order valence-electron chi connectivity index (χ0n) is 37.1. The molecule has 3 saturated heterocycles. The number of ether oxygens (including phenoxy) is 5. The largest absolute Gasteiger partial charge is 1.00 e. The Morgan fingerprint density at radius 1 is 0.778 bits per heavy atom. The van der Waals surface area contributed by atoms with Crippen LogP contribution in [-0.4, -0.2) is 154 Å². The number of hydrogen-bond acceptors (Lipinski definition) is 16. The van der Waals surface area contributed by atoms with Gasteiger partial charge in [-0.2, -0.15) is 0 Å². The second kappa shape index (κ2) is 28.6. The van der Waals surface area contributed by atoms with Crippen LogP contribution in [0.1, 0.15) is 60.8 Å². The number of halogens is 3. The predicted octanol–water partition coefficient (Wildman–Crippen LogP) is 2.16. The van der Waals surface area contributed by atoms with Crippen molar-refractivity contribution >= 4 is 73.6 Å². The second-order valence-electron chi connectivity index (χ2n) is 16.2. The molecular weight excluding hydrogens is 977 g/mol. The number of aliphatic carboxylic acids is 1. The van der Waals surface area contributed by atoms with Gasteiger partial charge in [0.2, 0.25) is 0 Å². The summed E-state index contributed by atoms with van der Waals surface area (Å²) < 4.78 is 26.9. The van der Waals surface area contributed by atoms with Crippen LogP contribution in [-0.2, 0) is 33.3 Å². The number of carboxylic acids is 1. The molecule has 3 aliphatic rings. The molecule has 5 N–H and O–H groups in total. The normalized spacial score (nSPS) is 21.2. The fraction of sp³-hybridized carbons (Fsp3) is 0.625. The quantitative estimate of drug-likeness (QED) is 0.128. The van der Waals surface area contributed by atoms with Crippen molar-refractivity contribution < 1.29 is 87.3 Å². The van der Waals surface area contributed by atoms with Crippen LogP contribution in [0.15, 0.2) is 45.9 Å². The van der Waals surface area contributed by atoms with Gasteiger partial charge in [0, 0.05) is 74.1 Å². The molecule has 3 fully saturated rings. The van der Waals surface area contributed by atoms with Crippen molar-refractivity contribution in [2.45, 2.75) is 90.1 Å². The molecule has 5 heterocycles. The summed E-state index contributed by atoms with van der Waals surface area (Å²) in [6.07, 6.45) is 3.57. The molecule has 0 spiro atoms. The third-order valence-electron chi connectivity index (χ3n) is 8.89. The molecular formula is C40H59Br2ClLiN5O14. The Balaban J connectivity index is 0.000000829. The number of amides is 2. The number of likely N-dealkylation sites (tertiary alicyclic amines) is 2. The van der Waals surface area contributed by atoms with Gasteiger partial charge in [-0.25, -0.2) is 29.1 Å². The summed E-state index contributed by atoms with van der Waals surface area (Å²) in [4.78, 5) is 68.1. The maximum absolute atomic E-state index is 12.0. The summed E-state index contributed by atoms with van der Waals surface area (Å²) in [6.45, 7) is 12.2. The molecule has 0 bridgehead atoms. The number of rotatable bonds is 8. The fourth-order valence-electron chi connectivity index (χ4n) is 6.07. The first-order valence-corrected chi connectivity index (χ1v) is 21.3. The van der Waals surface area contributed by atoms with E-state index in [1.54, 1.807) is 66.1 Å². The van der Waals surface area contributed by atoms with Crippen LogP contribution in [0, 0.1) is 17.8 Å². The number of carbonyl (C=O) groups excluding carboxylic acids is 4. The predicted molar refractivity (Wildman–Crippen MR) is 232 cm³/mol. The summed E-state index contributed by atoms with van der Waals surface area (Å²) >= 11 is 12.0. The maximum Gasteiger partial charge on any atom is 1.00 e. The van der Waals surface area contributed by atoms with Gasteiger partial charge >= 0.3 is 49.0 Å². The molecule has 6 atom stereocenters. The first-order valence-electron chi connectivity index (χ1n) is 19.3. The van der Waals surface area contributed by atoms with Gasteiger partial charge in [0.1, 0.15) is 44.3 Å². The number of aliphatic hydroxyl groups is 2. The number of esters is 2. The molecule has 0 aromatic carbocycles. The van der Waals surface area contributed by atoms with Crippen LogP contribution in [0.4, 0.5) is 9.59 Å². The Morgan fingerprint density at radius 3 is 1.67 bits per heavy atom. The number of carboxylic acid groups (broad SMARTS) is 1. The van der Waals surface area contributed by atoms with Gasteiger partial charge < -0.3 is 49.8 Å². The van der Waals surface area contributed by atoms with E-state index in [0.717, 1.165) is 27.9 Å². The zero-order valence-corrected chi connectivity index (χ0v) is 41.0. The summed E-state index contributed by atoms with van der Waals surface area (Å²) in [6, 6.07) is 5.33. The van der Waals surface area contributed by atoms with E-state index in [0.29, 0.717) is 30.5 Å². The monoisotopic (exact) mass is 1030 g/mol. The van der Waals surface area contributed by atoms with Crippen LogP contribution in [0.25, 0.3) is 0 Å². The summed E-state index contributed by atoms with van der Waals surface area (Å²) in [5.74, 6) is -0.947. The Labute approximate surface area is 402 Å². The van der Waals surface area contributed by atoms with E-state index in [1.807, 2.05) is 12.1 Å². The van der Waals surface area contributed by atoms with Gasteiger partial charge in [0.05, 0.1) is 20.8 Å². The van der Waals surface area contributed by atoms with Crippen LogP contribution >= 0.6 is 43.5 Å². The Hall–Kier alpha value is -3.26. The van der Waals surface area contributed by atoms with Crippen molar-refractivity contribution in [2.75, 3.05) is 53.7 Å². The molecule has 3 aliphatic heterocycles. The molecule has 23 heteroatoms. The molecule has 2 aromatic heterocycles. The van der Waals surface area contributed by atoms with Crippen molar-refractivity contribution in [2.24, 2.45) is 17.8 Å². The number of hydrogen-bond donors (Lipinski definition) is 4. The van der Waals surface area contributed by atoms with E-state index < -0.39 is 47.4 Å². The van der Waals surface area contributed by atoms with Crippen molar-refractivity contribution in [3.05, 3.63) is 50.9 Å². The average Bonchev–Trinajstić information content (AvgIpc) is 3.95. The molecule has 0 saturated carbocycles. The minimum absolute atomic E-state index is 0. The molecule has 0 aliphatic carbocycles. The molecule has 5 rings (SSSR count). The van der Waals surface area contributed by atoms with Gasteiger partial charge in [-0.15, -0.1) is 0 Å². The van der Waals surface area contributed by atoms with Crippen LogP contribution in [0.3, 0.4) is 0 Å². The molecule has 63 heavy (non-hydrogen) atoms. The van der Waals surface area contributed by atoms with Crippen molar-refractivity contribution in [3.63, 3.8) is 0 Å². The fourth-order valence-corrected chi connectivity index (χ4v) is 7.07. The minimum atomic E-state index is -1.06. The minimum Gasteiger partial charge on any atom is -0.870 e.